The van der Waals surface area contributed by atoms with Gasteiger partial charge in [0.2, 0.25) is 0 Å². The summed E-state index contributed by atoms with van der Waals surface area (Å²) in [5.41, 5.74) is 0.597. The molecule has 0 spiro atoms. The topological polar surface area (TPSA) is 77.8 Å². The SMILES string of the molecule is CC(CCc1cc(I)c(O)c(I)c1)(C(=O)O)c1cc(I)c(O)c(I)c1. The van der Waals surface area contributed by atoms with Gasteiger partial charge in [0.25, 0.3) is 0 Å². The van der Waals surface area contributed by atoms with Crippen LogP contribution in [-0.2, 0) is 16.6 Å². The highest BCUT2D eigenvalue weighted by Crippen LogP contribution is 2.36. The number of benzene rings is 2. The fourth-order valence-electron chi connectivity index (χ4n) is 2.42. The molecule has 0 radical (unpaired) electrons. The molecule has 2 aromatic carbocycles. The molecule has 0 saturated carbocycles. The highest BCUT2D eigenvalue weighted by Gasteiger charge is 2.35. The molecular formula is C17H14I4O4. The second-order valence-corrected chi connectivity index (χ2v) is 10.5. The molecule has 2 rings (SSSR count). The third-order valence-corrected chi connectivity index (χ3v) is 7.41. The first kappa shape index (κ1) is 21.7. The summed E-state index contributed by atoms with van der Waals surface area (Å²) in [6.07, 6.45) is 0.985. The Morgan fingerprint density at radius 3 is 1.72 bits per heavy atom. The normalized spacial score (nSPS) is 13.5. The molecule has 0 aliphatic heterocycles. The molecule has 4 nitrogen and oxygen atoms in total. The molecule has 0 heterocycles. The lowest BCUT2D eigenvalue weighted by Gasteiger charge is -2.26. The molecule has 1 atom stereocenters. The number of aliphatic carboxylic acids is 1. The third kappa shape index (κ3) is 4.83. The average molecular weight is 790 g/mol. The van der Waals surface area contributed by atoms with Crippen molar-refractivity contribution >= 4 is 96.3 Å². The van der Waals surface area contributed by atoms with Crippen molar-refractivity contribution in [2.24, 2.45) is 0 Å². The zero-order valence-corrected chi connectivity index (χ0v) is 21.6. The van der Waals surface area contributed by atoms with Crippen molar-refractivity contribution in [3.63, 3.8) is 0 Å². The summed E-state index contributed by atoms with van der Waals surface area (Å²) in [7, 11) is 0. The molecule has 0 fully saturated rings. The number of carboxylic acids is 1. The van der Waals surface area contributed by atoms with E-state index in [2.05, 4.69) is 45.2 Å². The Kier molecular flexibility index (Phi) is 7.50. The number of hydrogen-bond acceptors (Lipinski definition) is 3. The largest absolute Gasteiger partial charge is 0.506 e. The number of carboxylic acid groups (broad SMARTS) is 1. The summed E-state index contributed by atoms with van der Waals surface area (Å²) >= 11 is 8.17. The molecule has 8 heteroatoms. The highest BCUT2D eigenvalue weighted by molar-refractivity contribution is 14.1. The van der Waals surface area contributed by atoms with Crippen molar-refractivity contribution in [1.82, 2.24) is 0 Å². The van der Waals surface area contributed by atoms with Crippen LogP contribution >= 0.6 is 90.4 Å². The van der Waals surface area contributed by atoms with Crippen LogP contribution < -0.4 is 0 Å². The molecule has 0 aliphatic rings. The van der Waals surface area contributed by atoms with Gasteiger partial charge in [0.1, 0.15) is 11.5 Å². The molecule has 3 N–H and O–H groups in total. The number of halogens is 4. The first-order valence-corrected chi connectivity index (χ1v) is 11.5. The van der Waals surface area contributed by atoms with Gasteiger partial charge < -0.3 is 15.3 Å². The van der Waals surface area contributed by atoms with Crippen LogP contribution in [0, 0.1) is 14.3 Å². The Labute approximate surface area is 200 Å². The molecule has 0 aromatic heterocycles. The van der Waals surface area contributed by atoms with Gasteiger partial charge in [-0.25, -0.2) is 0 Å². The Bertz CT molecular complexity index is 791. The van der Waals surface area contributed by atoms with Gasteiger partial charge in [0, 0.05) is 0 Å². The fourth-order valence-corrected chi connectivity index (χ4v) is 6.08. The van der Waals surface area contributed by atoms with E-state index in [1.165, 1.54) is 0 Å². The van der Waals surface area contributed by atoms with E-state index in [1.54, 1.807) is 19.1 Å². The standard InChI is InChI=1S/C17H14I4O4/c1-17(16(24)25,9-6-12(20)15(23)13(21)7-9)3-2-8-4-10(18)14(22)11(19)5-8/h4-7,22-23H,2-3H2,1H3,(H,24,25). The molecule has 2 aromatic rings. The molecule has 0 aliphatic carbocycles. The van der Waals surface area contributed by atoms with Gasteiger partial charge in [-0.15, -0.1) is 0 Å². The summed E-state index contributed by atoms with van der Waals surface area (Å²) in [5, 5.41) is 29.7. The van der Waals surface area contributed by atoms with Crippen LogP contribution in [0.15, 0.2) is 24.3 Å². The van der Waals surface area contributed by atoms with Crippen LogP contribution in [0.4, 0.5) is 0 Å². The molecule has 1 unspecified atom stereocenters. The first-order chi connectivity index (χ1) is 11.6. The van der Waals surface area contributed by atoms with Crippen molar-refractivity contribution < 1.29 is 20.1 Å². The van der Waals surface area contributed by atoms with Gasteiger partial charge in [-0.2, -0.15) is 0 Å². The zero-order valence-electron chi connectivity index (χ0n) is 13.0. The molecule has 0 saturated heterocycles. The van der Waals surface area contributed by atoms with Crippen LogP contribution in [0.1, 0.15) is 24.5 Å². The Morgan fingerprint density at radius 2 is 1.32 bits per heavy atom. The Balaban J connectivity index is 2.37. The number of rotatable bonds is 5. The minimum atomic E-state index is -1.07. The van der Waals surface area contributed by atoms with Crippen LogP contribution in [0.2, 0.25) is 0 Å². The molecule has 0 bridgehead atoms. The van der Waals surface area contributed by atoms with E-state index >= 15 is 0 Å². The lowest BCUT2D eigenvalue weighted by atomic mass is 9.78. The number of aromatic hydroxyl groups is 2. The van der Waals surface area contributed by atoms with E-state index in [-0.39, 0.29) is 11.5 Å². The summed E-state index contributed by atoms with van der Waals surface area (Å²) in [5.74, 6) is -0.457. The molecular weight excluding hydrogens is 776 g/mol. The van der Waals surface area contributed by atoms with Crippen molar-refractivity contribution in [3.8, 4) is 11.5 Å². The van der Waals surface area contributed by atoms with E-state index < -0.39 is 11.4 Å². The smallest absolute Gasteiger partial charge is 0.313 e. The van der Waals surface area contributed by atoms with Gasteiger partial charge in [-0.1, -0.05) is 0 Å². The second kappa shape index (κ2) is 8.63. The van der Waals surface area contributed by atoms with Crippen LogP contribution in [0.3, 0.4) is 0 Å². The molecule has 134 valence electrons. The predicted molar refractivity (Wildman–Crippen MR) is 130 cm³/mol. The zero-order chi connectivity index (χ0) is 18.9. The lowest BCUT2D eigenvalue weighted by Crippen LogP contribution is -2.33. The third-order valence-electron chi connectivity index (χ3n) is 4.12. The Morgan fingerprint density at radius 1 is 0.920 bits per heavy atom. The minimum Gasteiger partial charge on any atom is -0.506 e. The van der Waals surface area contributed by atoms with Crippen molar-refractivity contribution in [2.75, 3.05) is 0 Å². The van der Waals surface area contributed by atoms with Crippen molar-refractivity contribution in [1.29, 1.82) is 0 Å². The number of aryl methyl sites for hydroxylation is 1. The maximum absolute atomic E-state index is 12.0. The summed E-state index contributed by atoms with van der Waals surface area (Å²) in [6, 6.07) is 7.22. The van der Waals surface area contributed by atoms with Gasteiger partial charge in [0.15, 0.2) is 0 Å². The first-order valence-electron chi connectivity index (χ1n) is 7.15. The van der Waals surface area contributed by atoms with E-state index in [1.807, 2.05) is 57.3 Å². The minimum absolute atomic E-state index is 0.181. The molecule has 0 amide bonds. The highest BCUT2D eigenvalue weighted by atomic mass is 127. The predicted octanol–water partition coefficient (Wildman–Crippen LogP) is 5.49. The average Bonchev–Trinajstić information content (AvgIpc) is 2.54. The quantitative estimate of drug-likeness (QED) is 0.351. The van der Waals surface area contributed by atoms with Crippen LogP contribution in [0.5, 0.6) is 11.5 Å². The summed E-state index contributed by atoms with van der Waals surface area (Å²) in [6.45, 7) is 1.71. The van der Waals surface area contributed by atoms with Crippen LogP contribution in [-0.4, -0.2) is 21.3 Å². The van der Waals surface area contributed by atoms with Crippen LogP contribution in [0.25, 0.3) is 0 Å². The lowest BCUT2D eigenvalue weighted by molar-refractivity contribution is -0.143. The number of phenolic OH excluding ortho intramolecular Hbond substituents is 2. The van der Waals surface area contributed by atoms with E-state index in [0.29, 0.717) is 25.5 Å². The Hall–Kier alpha value is 0.430. The van der Waals surface area contributed by atoms with Crippen molar-refractivity contribution in [2.45, 2.75) is 25.2 Å². The second-order valence-electron chi connectivity index (χ2n) is 5.83. The summed E-state index contributed by atoms with van der Waals surface area (Å²) in [4.78, 5) is 12.0. The van der Waals surface area contributed by atoms with E-state index in [4.69, 9.17) is 0 Å². The fraction of sp³-hybridized carbons (Fsp3) is 0.235. The maximum Gasteiger partial charge on any atom is 0.313 e. The number of carbonyl (C=O) groups is 1. The summed E-state index contributed by atoms with van der Waals surface area (Å²) < 4.78 is 2.79. The molecule has 25 heavy (non-hydrogen) atoms. The van der Waals surface area contributed by atoms with Crippen molar-refractivity contribution in [3.05, 3.63) is 49.7 Å². The van der Waals surface area contributed by atoms with Gasteiger partial charge in [-0.05, 0) is 146 Å². The number of hydrogen-bond donors (Lipinski definition) is 3. The van der Waals surface area contributed by atoms with E-state index in [9.17, 15) is 20.1 Å². The van der Waals surface area contributed by atoms with Gasteiger partial charge in [0.05, 0.1) is 19.7 Å². The monoisotopic (exact) mass is 790 g/mol. The van der Waals surface area contributed by atoms with Gasteiger partial charge in [-0.3, -0.25) is 4.79 Å². The van der Waals surface area contributed by atoms with Gasteiger partial charge >= 0.3 is 5.97 Å². The maximum atomic E-state index is 12.0. The van der Waals surface area contributed by atoms with E-state index in [0.717, 1.165) is 12.7 Å². The number of phenols is 2.